The summed E-state index contributed by atoms with van der Waals surface area (Å²) in [6, 6.07) is 9.66. The number of benzene rings is 1. The molecular weight excluding hydrogens is 296 g/mol. The molecule has 0 saturated carbocycles. The van der Waals surface area contributed by atoms with Crippen molar-refractivity contribution in [2.75, 3.05) is 13.1 Å². The van der Waals surface area contributed by atoms with Crippen molar-refractivity contribution in [3.05, 3.63) is 35.9 Å². The van der Waals surface area contributed by atoms with Gasteiger partial charge in [-0.3, -0.25) is 4.79 Å². The van der Waals surface area contributed by atoms with E-state index in [0.29, 0.717) is 11.3 Å². The highest BCUT2D eigenvalue weighted by molar-refractivity contribution is 5.87. The summed E-state index contributed by atoms with van der Waals surface area (Å²) in [5, 5.41) is 0. The molecule has 1 saturated heterocycles. The van der Waals surface area contributed by atoms with Crippen molar-refractivity contribution in [2.24, 2.45) is 17.1 Å². The first-order valence-corrected chi connectivity index (χ1v) is 7.86. The molecule has 1 aliphatic rings. The SMILES string of the molecule is CC(N)(C(=O)N1CCC(C(C)(C)C)CC1)c1ccccc1.Cl. The fourth-order valence-corrected chi connectivity index (χ4v) is 3.18. The van der Waals surface area contributed by atoms with Crippen LogP contribution >= 0.6 is 12.4 Å². The summed E-state index contributed by atoms with van der Waals surface area (Å²) in [5.74, 6) is 0.725. The van der Waals surface area contributed by atoms with E-state index in [1.54, 1.807) is 0 Å². The van der Waals surface area contributed by atoms with E-state index in [1.807, 2.05) is 42.2 Å². The van der Waals surface area contributed by atoms with Gasteiger partial charge in [-0.05, 0) is 36.7 Å². The summed E-state index contributed by atoms with van der Waals surface area (Å²) in [6.45, 7) is 10.3. The van der Waals surface area contributed by atoms with Crippen molar-refractivity contribution >= 4 is 18.3 Å². The van der Waals surface area contributed by atoms with E-state index in [0.717, 1.165) is 31.5 Å². The Morgan fingerprint density at radius 1 is 1.09 bits per heavy atom. The average Bonchev–Trinajstić information content (AvgIpc) is 2.46. The summed E-state index contributed by atoms with van der Waals surface area (Å²) >= 11 is 0. The Hall–Kier alpha value is -1.06. The van der Waals surface area contributed by atoms with E-state index in [2.05, 4.69) is 20.8 Å². The van der Waals surface area contributed by atoms with Crippen LogP contribution in [0.3, 0.4) is 0 Å². The van der Waals surface area contributed by atoms with Crippen LogP contribution in [0.5, 0.6) is 0 Å². The Balaban J connectivity index is 0.00000242. The van der Waals surface area contributed by atoms with Gasteiger partial charge in [0.15, 0.2) is 0 Å². The molecule has 1 aliphatic heterocycles. The van der Waals surface area contributed by atoms with Crippen LogP contribution in [0.15, 0.2) is 30.3 Å². The third kappa shape index (κ3) is 4.02. The molecule has 1 aromatic carbocycles. The molecule has 4 heteroatoms. The van der Waals surface area contributed by atoms with Crippen molar-refractivity contribution < 1.29 is 4.79 Å². The van der Waals surface area contributed by atoms with Gasteiger partial charge in [0.1, 0.15) is 5.54 Å². The first-order valence-electron chi connectivity index (χ1n) is 7.86. The number of rotatable bonds is 2. The summed E-state index contributed by atoms with van der Waals surface area (Å²) in [7, 11) is 0. The molecule has 2 rings (SSSR count). The molecule has 1 atom stereocenters. The van der Waals surface area contributed by atoms with Gasteiger partial charge in [0.25, 0.3) is 0 Å². The monoisotopic (exact) mass is 324 g/mol. The van der Waals surface area contributed by atoms with E-state index in [4.69, 9.17) is 5.73 Å². The van der Waals surface area contributed by atoms with E-state index in [1.165, 1.54) is 0 Å². The van der Waals surface area contributed by atoms with Gasteiger partial charge in [-0.25, -0.2) is 0 Å². The predicted molar refractivity (Wildman–Crippen MR) is 94.0 cm³/mol. The average molecular weight is 325 g/mol. The van der Waals surface area contributed by atoms with E-state index in [-0.39, 0.29) is 18.3 Å². The van der Waals surface area contributed by atoms with Crippen LogP contribution in [0.1, 0.15) is 46.1 Å². The van der Waals surface area contributed by atoms with Gasteiger partial charge < -0.3 is 10.6 Å². The standard InChI is InChI=1S/C18H28N2O.ClH/c1-17(2,3)14-10-12-20(13-11-14)16(21)18(4,19)15-8-6-5-7-9-15;/h5-9,14H,10-13,19H2,1-4H3;1H. The van der Waals surface area contributed by atoms with E-state index in [9.17, 15) is 4.79 Å². The van der Waals surface area contributed by atoms with Gasteiger partial charge >= 0.3 is 0 Å². The van der Waals surface area contributed by atoms with Gasteiger partial charge in [0.2, 0.25) is 5.91 Å². The van der Waals surface area contributed by atoms with Crippen LogP contribution in [0, 0.1) is 11.3 Å². The lowest BCUT2D eigenvalue weighted by molar-refractivity contribution is -0.138. The Labute approximate surface area is 140 Å². The second-order valence-corrected chi connectivity index (χ2v) is 7.50. The third-order valence-corrected chi connectivity index (χ3v) is 4.82. The van der Waals surface area contributed by atoms with Crippen molar-refractivity contribution in [1.29, 1.82) is 0 Å². The highest BCUT2D eigenvalue weighted by Crippen LogP contribution is 2.35. The summed E-state index contributed by atoms with van der Waals surface area (Å²) in [4.78, 5) is 14.7. The minimum atomic E-state index is -0.935. The summed E-state index contributed by atoms with van der Waals surface area (Å²) in [6.07, 6.45) is 2.14. The Morgan fingerprint density at radius 3 is 2.05 bits per heavy atom. The van der Waals surface area contributed by atoms with Gasteiger partial charge in [-0.15, -0.1) is 12.4 Å². The van der Waals surface area contributed by atoms with Crippen molar-refractivity contribution in [2.45, 2.75) is 46.1 Å². The zero-order valence-electron chi connectivity index (χ0n) is 14.1. The maximum absolute atomic E-state index is 12.8. The van der Waals surface area contributed by atoms with Crippen LogP contribution in [0.25, 0.3) is 0 Å². The fraction of sp³-hybridized carbons (Fsp3) is 0.611. The molecule has 1 aromatic rings. The number of carbonyl (C=O) groups excluding carboxylic acids is 1. The lowest BCUT2D eigenvalue weighted by Crippen LogP contribution is -2.53. The molecule has 0 aromatic heterocycles. The van der Waals surface area contributed by atoms with Gasteiger partial charge in [0.05, 0.1) is 0 Å². The third-order valence-electron chi connectivity index (χ3n) is 4.82. The maximum Gasteiger partial charge on any atom is 0.246 e. The molecule has 0 radical (unpaired) electrons. The molecule has 2 N–H and O–H groups in total. The number of likely N-dealkylation sites (tertiary alicyclic amines) is 1. The van der Waals surface area contributed by atoms with Crippen molar-refractivity contribution in [3.63, 3.8) is 0 Å². The highest BCUT2D eigenvalue weighted by Gasteiger charge is 2.37. The lowest BCUT2D eigenvalue weighted by Gasteiger charge is -2.41. The molecule has 1 unspecified atom stereocenters. The minimum Gasteiger partial charge on any atom is -0.341 e. The molecule has 0 bridgehead atoms. The number of nitrogens with two attached hydrogens (primary N) is 1. The Bertz CT molecular complexity index is 486. The van der Waals surface area contributed by atoms with Crippen LogP contribution in [-0.2, 0) is 10.3 Å². The van der Waals surface area contributed by atoms with E-state index < -0.39 is 5.54 Å². The Kier molecular flexibility index (Phi) is 6.05. The first kappa shape index (κ1) is 19.0. The van der Waals surface area contributed by atoms with Crippen LogP contribution in [0.2, 0.25) is 0 Å². The zero-order valence-corrected chi connectivity index (χ0v) is 15.0. The number of amides is 1. The molecule has 3 nitrogen and oxygen atoms in total. The highest BCUT2D eigenvalue weighted by atomic mass is 35.5. The van der Waals surface area contributed by atoms with Crippen molar-refractivity contribution in [3.8, 4) is 0 Å². The summed E-state index contributed by atoms with van der Waals surface area (Å²) in [5.41, 5.74) is 6.61. The number of hydrogen-bond acceptors (Lipinski definition) is 2. The van der Waals surface area contributed by atoms with Crippen LogP contribution in [-0.4, -0.2) is 23.9 Å². The zero-order chi connectivity index (χ0) is 15.7. The number of halogens is 1. The molecule has 124 valence electrons. The topological polar surface area (TPSA) is 46.3 Å². The molecular formula is C18H29ClN2O. The number of hydrogen-bond donors (Lipinski definition) is 1. The molecule has 22 heavy (non-hydrogen) atoms. The maximum atomic E-state index is 12.8. The lowest BCUT2D eigenvalue weighted by atomic mass is 9.75. The van der Waals surface area contributed by atoms with Crippen LogP contribution < -0.4 is 5.73 Å². The molecule has 0 aliphatic carbocycles. The number of piperidine rings is 1. The van der Waals surface area contributed by atoms with Crippen molar-refractivity contribution in [1.82, 2.24) is 4.90 Å². The minimum absolute atomic E-state index is 0. The number of carbonyl (C=O) groups is 1. The van der Waals surface area contributed by atoms with E-state index >= 15 is 0 Å². The second-order valence-electron chi connectivity index (χ2n) is 7.50. The first-order chi connectivity index (χ1) is 9.73. The molecule has 1 heterocycles. The quantitative estimate of drug-likeness (QED) is 0.904. The smallest absolute Gasteiger partial charge is 0.246 e. The van der Waals surface area contributed by atoms with Gasteiger partial charge in [0, 0.05) is 13.1 Å². The Morgan fingerprint density at radius 2 is 1.59 bits per heavy atom. The molecule has 1 fully saturated rings. The van der Waals surface area contributed by atoms with Crippen LogP contribution in [0.4, 0.5) is 0 Å². The number of nitrogens with zero attached hydrogens (tertiary/aromatic N) is 1. The van der Waals surface area contributed by atoms with Gasteiger partial charge in [-0.1, -0.05) is 51.1 Å². The van der Waals surface area contributed by atoms with Gasteiger partial charge in [-0.2, -0.15) is 0 Å². The largest absolute Gasteiger partial charge is 0.341 e. The summed E-state index contributed by atoms with van der Waals surface area (Å²) < 4.78 is 0. The normalized spacial score (nSPS) is 19.2. The fourth-order valence-electron chi connectivity index (χ4n) is 3.18. The molecule has 1 amide bonds. The molecule has 0 spiro atoms. The predicted octanol–water partition coefficient (Wildman–Crippen LogP) is 3.57. The second kappa shape index (κ2) is 7.01.